The third kappa shape index (κ3) is 1.71. The standard InChI is InChI=1S/C15H22/c1-11(2)13-8-6-10-15(4)9-5-7-12(3)14(13)15/h5,9,13-14H,1,3,6-8,10H2,2,4H3/t13-,14?,15-/m0/s1. The van der Waals surface area contributed by atoms with Crippen molar-refractivity contribution in [2.45, 2.75) is 39.5 Å². The Balaban J connectivity index is 2.36. The minimum atomic E-state index is 0.358. The normalized spacial score (nSPS) is 40.0. The molecular weight excluding hydrogens is 180 g/mol. The Bertz CT molecular complexity index is 321. The van der Waals surface area contributed by atoms with Gasteiger partial charge < -0.3 is 0 Å². The van der Waals surface area contributed by atoms with E-state index < -0.39 is 0 Å². The van der Waals surface area contributed by atoms with Gasteiger partial charge in [-0.15, -0.1) is 0 Å². The summed E-state index contributed by atoms with van der Waals surface area (Å²) in [5, 5.41) is 0. The van der Waals surface area contributed by atoms with Gasteiger partial charge in [-0.1, -0.05) is 49.8 Å². The van der Waals surface area contributed by atoms with Crippen LogP contribution in [0.2, 0.25) is 0 Å². The highest BCUT2D eigenvalue weighted by Crippen LogP contribution is 2.53. The Labute approximate surface area is 93.8 Å². The SMILES string of the molecule is C=C1CC=C[C@@]2(C)CCC[C@@H](C(=C)C)C12. The van der Waals surface area contributed by atoms with E-state index in [1.807, 2.05) is 0 Å². The molecule has 0 nitrogen and oxygen atoms in total. The van der Waals surface area contributed by atoms with E-state index in [4.69, 9.17) is 0 Å². The highest BCUT2D eigenvalue weighted by atomic mass is 14.5. The third-order valence-corrected chi connectivity index (χ3v) is 4.29. The molecule has 0 aromatic heterocycles. The first-order chi connectivity index (χ1) is 7.04. The molecule has 0 aromatic rings. The molecule has 15 heavy (non-hydrogen) atoms. The Hall–Kier alpha value is -0.780. The van der Waals surface area contributed by atoms with Crippen LogP contribution in [0.3, 0.4) is 0 Å². The van der Waals surface area contributed by atoms with Crippen molar-refractivity contribution in [3.8, 4) is 0 Å². The summed E-state index contributed by atoms with van der Waals surface area (Å²) < 4.78 is 0. The van der Waals surface area contributed by atoms with Crippen molar-refractivity contribution in [1.29, 1.82) is 0 Å². The second-order valence-electron chi connectivity index (χ2n) is 5.59. The van der Waals surface area contributed by atoms with Crippen LogP contribution in [0, 0.1) is 17.3 Å². The van der Waals surface area contributed by atoms with E-state index in [0.29, 0.717) is 17.3 Å². The quantitative estimate of drug-likeness (QED) is 0.549. The van der Waals surface area contributed by atoms with Crippen LogP contribution in [0.25, 0.3) is 0 Å². The van der Waals surface area contributed by atoms with E-state index in [1.165, 1.54) is 30.4 Å². The molecule has 1 saturated carbocycles. The fraction of sp³-hybridized carbons (Fsp3) is 0.600. The van der Waals surface area contributed by atoms with E-state index >= 15 is 0 Å². The largest absolute Gasteiger partial charge is 0.0998 e. The predicted molar refractivity (Wildman–Crippen MR) is 66.6 cm³/mol. The van der Waals surface area contributed by atoms with Crippen LogP contribution in [0.5, 0.6) is 0 Å². The summed E-state index contributed by atoms with van der Waals surface area (Å²) in [5.41, 5.74) is 3.13. The van der Waals surface area contributed by atoms with E-state index in [-0.39, 0.29) is 0 Å². The van der Waals surface area contributed by atoms with Crippen LogP contribution in [0.1, 0.15) is 39.5 Å². The number of fused-ring (bicyclic) bond motifs is 1. The predicted octanol–water partition coefficient (Wildman–Crippen LogP) is 4.50. The number of allylic oxidation sites excluding steroid dienone is 4. The van der Waals surface area contributed by atoms with Crippen LogP contribution in [-0.2, 0) is 0 Å². The van der Waals surface area contributed by atoms with Gasteiger partial charge in [0.05, 0.1) is 0 Å². The van der Waals surface area contributed by atoms with Gasteiger partial charge in [0.25, 0.3) is 0 Å². The third-order valence-electron chi connectivity index (χ3n) is 4.29. The summed E-state index contributed by atoms with van der Waals surface area (Å²) in [7, 11) is 0. The maximum atomic E-state index is 4.28. The molecule has 2 rings (SSSR count). The Morgan fingerprint density at radius 1 is 1.53 bits per heavy atom. The average Bonchev–Trinajstić information content (AvgIpc) is 2.16. The first-order valence-electron chi connectivity index (χ1n) is 6.05. The summed E-state index contributed by atoms with van der Waals surface area (Å²) in [6.07, 6.45) is 9.77. The van der Waals surface area contributed by atoms with Crippen molar-refractivity contribution in [2.75, 3.05) is 0 Å². The molecule has 0 heteroatoms. The van der Waals surface area contributed by atoms with Crippen LogP contribution in [0.4, 0.5) is 0 Å². The lowest BCUT2D eigenvalue weighted by atomic mass is 9.56. The van der Waals surface area contributed by atoms with E-state index in [0.717, 1.165) is 6.42 Å². The zero-order valence-electron chi connectivity index (χ0n) is 10.1. The van der Waals surface area contributed by atoms with Crippen LogP contribution < -0.4 is 0 Å². The Morgan fingerprint density at radius 3 is 2.93 bits per heavy atom. The Kier molecular flexibility index (Phi) is 2.62. The number of hydrogen-bond acceptors (Lipinski definition) is 0. The molecule has 0 aliphatic heterocycles. The monoisotopic (exact) mass is 202 g/mol. The van der Waals surface area contributed by atoms with Crippen molar-refractivity contribution >= 4 is 0 Å². The lowest BCUT2D eigenvalue weighted by Crippen LogP contribution is -2.38. The molecule has 2 aliphatic carbocycles. The summed E-state index contributed by atoms with van der Waals surface area (Å²) in [5.74, 6) is 1.31. The summed E-state index contributed by atoms with van der Waals surface area (Å²) in [6, 6.07) is 0. The maximum Gasteiger partial charge on any atom is -0.00488 e. The lowest BCUT2D eigenvalue weighted by molar-refractivity contribution is 0.145. The van der Waals surface area contributed by atoms with Crippen LogP contribution in [-0.4, -0.2) is 0 Å². The van der Waals surface area contributed by atoms with Gasteiger partial charge >= 0.3 is 0 Å². The minimum Gasteiger partial charge on any atom is -0.0998 e. The van der Waals surface area contributed by atoms with Gasteiger partial charge in [0.2, 0.25) is 0 Å². The highest BCUT2D eigenvalue weighted by molar-refractivity contribution is 5.26. The molecule has 0 amide bonds. The molecule has 0 bridgehead atoms. The minimum absolute atomic E-state index is 0.358. The van der Waals surface area contributed by atoms with E-state index in [1.54, 1.807) is 0 Å². The number of rotatable bonds is 1. The summed E-state index contributed by atoms with van der Waals surface area (Å²) in [4.78, 5) is 0. The van der Waals surface area contributed by atoms with Crippen molar-refractivity contribution in [2.24, 2.45) is 17.3 Å². The summed E-state index contributed by atoms with van der Waals surface area (Å²) in [6.45, 7) is 13.0. The molecule has 3 atom stereocenters. The van der Waals surface area contributed by atoms with Crippen LogP contribution in [0.15, 0.2) is 36.5 Å². The van der Waals surface area contributed by atoms with Gasteiger partial charge in [0, 0.05) is 0 Å². The summed E-state index contributed by atoms with van der Waals surface area (Å²) >= 11 is 0. The fourth-order valence-corrected chi connectivity index (χ4v) is 3.56. The van der Waals surface area contributed by atoms with E-state index in [9.17, 15) is 0 Å². The molecule has 1 fully saturated rings. The van der Waals surface area contributed by atoms with Gasteiger partial charge in [-0.2, -0.15) is 0 Å². The van der Waals surface area contributed by atoms with Crippen molar-refractivity contribution in [3.63, 3.8) is 0 Å². The number of hydrogen-bond donors (Lipinski definition) is 0. The molecular formula is C15H22. The maximum absolute atomic E-state index is 4.28. The Morgan fingerprint density at radius 2 is 2.27 bits per heavy atom. The van der Waals surface area contributed by atoms with Crippen molar-refractivity contribution in [1.82, 2.24) is 0 Å². The van der Waals surface area contributed by atoms with Crippen molar-refractivity contribution in [3.05, 3.63) is 36.5 Å². The van der Waals surface area contributed by atoms with Crippen molar-refractivity contribution < 1.29 is 0 Å². The molecule has 0 N–H and O–H groups in total. The van der Waals surface area contributed by atoms with Gasteiger partial charge in [-0.3, -0.25) is 0 Å². The average molecular weight is 202 g/mol. The van der Waals surface area contributed by atoms with Gasteiger partial charge in [-0.05, 0) is 43.4 Å². The zero-order valence-corrected chi connectivity index (χ0v) is 10.1. The molecule has 0 spiro atoms. The molecule has 1 unspecified atom stereocenters. The lowest BCUT2D eigenvalue weighted by Gasteiger charge is -2.48. The topological polar surface area (TPSA) is 0 Å². The van der Waals surface area contributed by atoms with Gasteiger partial charge in [-0.25, -0.2) is 0 Å². The zero-order chi connectivity index (χ0) is 11.1. The first-order valence-corrected chi connectivity index (χ1v) is 6.05. The molecule has 2 aliphatic rings. The first kappa shape index (κ1) is 10.7. The molecule has 0 saturated heterocycles. The fourth-order valence-electron chi connectivity index (χ4n) is 3.56. The van der Waals surface area contributed by atoms with Gasteiger partial charge in [0.15, 0.2) is 0 Å². The highest BCUT2D eigenvalue weighted by Gasteiger charge is 2.43. The molecule has 0 aromatic carbocycles. The second-order valence-corrected chi connectivity index (χ2v) is 5.59. The molecule has 0 heterocycles. The van der Waals surface area contributed by atoms with Gasteiger partial charge in [0.1, 0.15) is 0 Å². The van der Waals surface area contributed by atoms with E-state index in [2.05, 4.69) is 39.2 Å². The smallest absolute Gasteiger partial charge is 0.00488 e. The van der Waals surface area contributed by atoms with Crippen LogP contribution >= 0.6 is 0 Å². The molecule has 82 valence electrons. The molecule has 0 radical (unpaired) electrons. The second kappa shape index (κ2) is 3.66.